The summed E-state index contributed by atoms with van der Waals surface area (Å²) in [7, 11) is 1.33. The molecule has 7 heteroatoms. The summed E-state index contributed by atoms with van der Waals surface area (Å²) in [6, 6.07) is 3.39. The van der Waals surface area contributed by atoms with Gasteiger partial charge in [-0.15, -0.1) is 0 Å². The van der Waals surface area contributed by atoms with Crippen LogP contribution in [0.2, 0.25) is 0 Å². The number of nitrogens with zero attached hydrogens (tertiary/aromatic N) is 2. The molecular weight excluding hydrogens is 272 g/mol. The highest BCUT2D eigenvalue weighted by Gasteiger charge is 2.17. The van der Waals surface area contributed by atoms with Gasteiger partial charge < -0.3 is 9.15 Å². The first-order valence-electron chi connectivity index (χ1n) is 5.25. The van der Waals surface area contributed by atoms with Crippen molar-refractivity contribution in [1.29, 1.82) is 0 Å². The average Bonchev–Trinajstić information content (AvgIpc) is 2.97. The summed E-state index contributed by atoms with van der Waals surface area (Å²) in [6.07, 6.45) is 0. The van der Waals surface area contributed by atoms with Crippen LogP contribution in [0.1, 0.15) is 34.3 Å². The van der Waals surface area contributed by atoms with Crippen LogP contribution < -0.4 is 0 Å². The zero-order valence-corrected chi connectivity index (χ0v) is 11.8. The summed E-state index contributed by atoms with van der Waals surface area (Å²) in [6.45, 7) is 3.84. The lowest BCUT2D eigenvalue weighted by Gasteiger charge is -2.04. The average molecular weight is 284 g/mol. The van der Waals surface area contributed by atoms with E-state index in [4.69, 9.17) is 4.42 Å². The predicted octanol–water partition coefficient (Wildman–Crippen LogP) is 3.08. The van der Waals surface area contributed by atoms with Gasteiger partial charge in [0.1, 0.15) is 11.6 Å². The van der Waals surface area contributed by atoms with Gasteiger partial charge >= 0.3 is 5.97 Å². The third-order valence-corrected chi connectivity index (χ3v) is 4.19. The third-order valence-electron chi connectivity index (χ3n) is 2.20. The molecule has 0 saturated heterocycles. The predicted molar refractivity (Wildman–Crippen MR) is 69.0 cm³/mol. The number of ether oxygens (including phenoxy) is 1. The molecule has 0 fully saturated rings. The Labute approximate surface area is 113 Å². The Morgan fingerprint density at radius 3 is 2.94 bits per heavy atom. The molecule has 96 valence electrons. The molecule has 0 aromatic carbocycles. The van der Waals surface area contributed by atoms with Crippen molar-refractivity contribution in [3.8, 4) is 0 Å². The minimum atomic E-state index is -0.467. The van der Waals surface area contributed by atoms with Crippen LogP contribution in [0, 0.1) is 6.92 Å². The number of esters is 1. The minimum absolute atomic E-state index is 0.0655. The van der Waals surface area contributed by atoms with Crippen LogP contribution in [0.15, 0.2) is 20.9 Å². The van der Waals surface area contributed by atoms with E-state index < -0.39 is 5.97 Å². The first-order chi connectivity index (χ1) is 8.60. The van der Waals surface area contributed by atoms with Crippen LogP contribution in [0.3, 0.4) is 0 Å². The molecule has 2 aromatic rings. The van der Waals surface area contributed by atoms with E-state index in [9.17, 15) is 4.79 Å². The molecule has 0 amide bonds. The van der Waals surface area contributed by atoms with Crippen molar-refractivity contribution < 1.29 is 13.9 Å². The maximum Gasteiger partial charge on any atom is 0.373 e. The number of furan rings is 1. The largest absolute Gasteiger partial charge is 0.463 e. The maximum atomic E-state index is 11.3. The van der Waals surface area contributed by atoms with Gasteiger partial charge in [-0.2, -0.15) is 4.37 Å². The number of thioether (sulfide) groups is 1. The van der Waals surface area contributed by atoms with Gasteiger partial charge in [0.05, 0.1) is 12.4 Å². The highest BCUT2D eigenvalue weighted by atomic mass is 32.2. The van der Waals surface area contributed by atoms with Crippen molar-refractivity contribution in [2.75, 3.05) is 7.11 Å². The van der Waals surface area contributed by atoms with Gasteiger partial charge in [0.15, 0.2) is 4.34 Å². The van der Waals surface area contributed by atoms with Crippen LogP contribution in [0.4, 0.5) is 0 Å². The molecule has 0 saturated carbocycles. The van der Waals surface area contributed by atoms with Gasteiger partial charge in [-0.05, 0) is 37.5 Å². The van der Waals surface area contributed by atoms with Crippen molar-refractivity contribution in [3.05, 3.63) is 29.5 Å². The second-order valence-corrected chi connectivity index (χ2v) is 5.90. The summed E-state index contributed by atoms with van der Waals surface area (Å²) in [5.41, 5.74) is 0. The van der Waals surface area contributed by atoms with E-state index in [1.165, 1.54) is 18.6 Å². The number of methoxy groups -OCH3 is 1. The SMILES string of the molecule is COC(=O)c1ccc(C(C)Sc2nc(C)ns2)o1. The van der Waals surface area contributed by atoms with Crippen molar-refractivity contribution in [1.82, 2.24) is 9.36 Å². The topological polar surface area (TPSA) is 65.2 Å². The van der Waals surface area contributed by atoms with Crippen molar-refractivity contribution in [2.24, 2.45) is 0 Å². The molecule has 5 nitrogen and oxygen atoms in total. The van der Waals surface area contributed by atoms with E-state index in [1.54, 1.807) is 23.9 Å². The second kappa shape index (κ2) is 5.53. The molecule has 2 heterocycles. The Kier molecular flexibility index (Phi) is 4.03. The van der Waals surface area contributed by atoms with Gasteiger partial charge in [0.25, 0.3) is 0 Å². The summed E-state index contributed by atoms with van der Waals surface area (Å²) >= 11 is 2.91. The number of aryl methyl sites for hydroxylation is 1. The summed E-state index contributed by atoms with van der Waals surface area (Å²) in [5, 5.41) is 0.0655. The molecular formula is C11H12N2O3S2. The number of carbonyl (C=O) groups excluding carboxylic acids is 1. The lowest BCUT2D eigenvalue weighted by molar-refractivity contribution is 0.0563. The van der Waals surface area contributed by atoms with E-state index >= 15 is 0 Å². The first kappa shape index (κ1) is 13.1. The second-order valence-electron chi connectivity index (χ2n) is 3.56. The molecule has 0 radical (unpaired) electrons. The molecule has 0 aliphatic heterocycles. The fourth-order valence-corrected chi connectivity index (χ4v) is 3.19. The Morgan fingerprint density at radius 1 is 1.56 bits per heavy atom. The van der Waals surface area contributed by atoms with E-state index in [0.717, 1.165) is 10.2 Å². The maximum absolute atomic E-state index is 11.3. The van der Waals surface area contributed by atoms with Gasteiger partial charge in [0, 0.05) is 0 Å². The Hall–Kier alpha value is -1.34. The van der Waals surface area contributed by atoms with Crippen molar-refractivity contribution >= 4 is 29.3 Å². The van der Waals surface area contributed by atoms with Crippen LogP contribution in [-0.2, 0) is 4.74 Å². The zero-order valence-electron chi connectivity index (χ0n) is 10.2. The summed E-state index contributed by atoms with van der Waals surface area (Å²) < 4.78 is 15.0. The number of hydrogen-bond acceptors (Lipinski definition) is 7. The molecule has 0 bridgehead atoms. The zero-order chi connectivity index (χ0) is 13.1. The lowest BCUT2D eigenvalue weighted by Crippen LogP contribution is -1.98. The molecule has 0 aliphatic rings. The van der Waals surface area contributed by atoms with Gasteiger partial charge in [0.2, 0.25) is 5.76 Å². The third kappa shape index (κ3) is 2.91. The smallest absolute Gasteiger partial charge is 0.373 e. The van der Waals surface area contributed by atoms with Gasteiger partial charge in [-0.1, -0.05) is 11.8 Å². The number of carbonyl (C=O) groups is 1. The van der Waals surface area contributed by atoms with Gasteiger partial charge in [-0.25, -0.2) is 9.78 Å². The first-order valence-corrected chi connectivity index (χ1v) is 6.90. The van der Waals surface area contributed by atoms with E-state index in [1.807, 2.05) is 13.8 Å². The summed E-state index contributed by atoms with van der Waals surface area (Å²) in [5.74, 6) is 1.23. The summed E-state index contributed by atoms with van der Waals surface area (Å²) in [4.78, 5) is 15.5. The van der Waals surface area contributed by atoms with Gasteiger partial charge in [-0.3, -0.25) is 0 Å². The molecule has 1 unspecified atom stereocenters. The van der Waals surface area contributed by atoms with Crippen LogP contribution in [0.5, 0.6) is 0 Å². The monoisotopic (exact) mass is 284 g/mol. The lowest BCUT2D eigenvalue weighted by atomic mass is 10.3. The number of hydrogen-bond donors (Lipinski definition) is 0. The number of aromatic nitrogens is 2. The Balaban J connectivity index is 2.07. The Morgan fingerprint density at radius 2 is 2.33 bits per heavy atom. The molecule has 1 atom stereocenters. The highest BCUT2D eigenvalue weighted by Crippen LogP contribution is 2.36. The van der Waals surface area contributed by atoms with E-state index in [0.29, 0.717) is 5.76 Å². The number of rotatable bonds is 4. The standard InChI is InChI=1S/C11H12N2O3S2/c1-6(17-11-12-7(2)13-18-11)8-4-5-9(16-8)10(14)15-3/h4-6H,1-3H3. The van der Waals surface area contributed by atoms with Crippen molar-refractivity contribution in [2.45, 2.75) is 23.4 Å². The molecule has 2 rings (SSSR count). The van der Waals surface area contributed by atoms with Crippen molar-refractivity contribution in [3.63, 3.8) is 0 Å². The highest BCUT2D eigenvalue weighted by molar-refractivity contribution is 8.01. The van der Waals surface area contributed by atoms with Crippen LogP contribution >= 0.6 is 23.3 Å². The fourth-order valence-electron chi connectivity index (χ4n) is 1.32. The molecule has 0 N–H and O–H groups in total. The minimum Gasteiger partial charge on any atom is -0.463 e. The Bertz CT molecular complexity index is 550. The van der Waals surface area contributed by atoms with Crippen LogP contribution in [-0.4, -0.2) is 22.4 Å². The molecule has 0 aliphatic carbocycles. The normalized spacial score (nSPS) is 12.4. The van der Waals surface area contributed by atoms with Crippen LogP contribution in [0.25, 0.3) is 0 Å². The molecule has 0 spiro atoms. The molecule has 18 heavy (non-hydrogen) atoms. The van der Waals surface area contributed by atoms with E-state index in [2.05, 4.69) is 14.1 Å². The fraction of sp³-hybridized carbons (Fsp3) is 0.364. The quantitative estimate of drug-likeness (QED) is 0.635. The molecule has 2 aromatic heterocycles. The van der Waals surface area contributed by atoms with E-state index in [-0.39, 0.29) is 11.0 Å².